The summed E-state index contributed by atoms with van der Waals surface area (Å²) < 4.78 is 4.65. The quantitative estimate of drug-likeness (QED) is 0.148. The van der Waals surface area contributed by atoms with E-state index in [1.807, 2.05) is 24.3 Å². The van der Waals surface area contributed by atoms with Crippen LogP contribution in [0.4, 0.5) is 11.4 Å². The summed E-state index contributed by atoms with van der Waals surface area (Å²) in [4.78, 5) is 4.96. The van der Waals surface area contributed by atoms with Gasteiger partial charge in [0.25, 0.3) is 0 Å². The van der Waals surface area contributed by atoms with Gasteiger partial charge in [-0.3, -0.25) is 0 Å². The van der Waals surface area contributed by atoms with Crippen molar-refractivity contribution in [2.45, 2.75) is 0 Å². The van der Waals surface area contributed by atoms with E-state index in [2.05, 4.69) is 138 Å². The minimum Gasteiger partial charge on any atom is -0.308 e. The summed E-state index contributed by atoms with van der Waals surface area (Å²) in [6, 6.07) is 42.5. The van der Waals surface area contributed by atoms with Crippen LogP contribution in [-0.2, 0) is 0 Å². The summed E-state index contributed by atoms with van der Waals surface area (Å²) in [7, 11) is 0. The first kappa shape index (κ1) is 27.0. The molecular formula is C36H24N4S4. The van der Waals surface area contributed by atoms with E-state index < -0.39 is 0 Å². The third-order valence-electron chi connectivity index (χ3n) is 7.35. The Kier molecular flexibility index (Phi) is 7.25. The van der Waals surface area contributed by atoms with Crippen molar-refractivity contribution in [1.82, 2.24) is 9.13 Å². The number of thiophene rings is 4. The van der Waals surface area contributed by atoms with E-state index in [1.54, 1.807) is 45.3 Å². The summed E-state index contributed by atoms with van der Waals surface area (Å²) in [6.45, 7) is 0. The number of aromatic nitrogens is 2. The average Bonchev–Trinajstić information content (AvgIpc) is 3.91. The summed E-state index contributed by atoms with van der Waals surface area (Å²) in [5, 5.41) is 17.6. The van der Waals surface area contributed by atoms with E-state index in [0.29, 0.717) is 0 Å². The predicted octanol–water partition coefficient (Wildman–Crippen LogP) is 12.6. The van der Waals surface area contributed by atoms with Gasteiger partial charge in [-0.15, -0.1) is 45.3 Å². The second-order valence-electron chi connectivity index (χ2n) is 10.0. The molecule has 8 heteroatoms. The molecule has 0 spiro atoms. The molecule has 0 aliphatic carbocycles. The van der Waals surface area contributed by atoms with Crippen molar-refractivity contribution in [1.29, 1.82) is 0 Å². The highest BCUT2D eigenvalue weighted by Crippen LogP contribution is 2.38. The minimum absolute atomic E-state index is 0.811. The monoisotopic (exact) mass is 640 g/mol. The van der Waals surface area contributed by atoms with Crippen molar-refractivity contribution < 1.29 is 0 Å². The van der Waals surface area contributed by atoms with Gasteiger partial charge in [-0.25, -0.2) is 0 Å². The van der Waals surface area contributed by atoms with Gasteiger partial charge in [0.1, 0.15) is 0 Å². The molecule has 0 bridgehead atoms. The summed E-state index contributed by atoms with van der Waals surface area (Å²) >= 11 is 7.01. The van der Waals surface area contributed by atoms with Gasteiger partial charge < -0.3 is 9.13 Å². The van der Waals surface area contributed by atoms with Crippen molar-refractivity contribution in [3.05, 3.63) is 143 Å². The van der Waals surface area contributed by atoms with Crippen molar-refractivity contribution in [2.75, 3.05) is 0 Å². The third kappa shape index (κ3) is 5.12. The van der Waals surface area contributed by atoms with E-state index in [-0.39, 0.29) is 0 Å². The van der Waals surface area contributed by atoms with Crippen molar-refractivity contribution in [3.8, 4) is 53.7 Å². The van der Waals surface area contributed by atoms with Gasteiger partial charge in [0, 0.05) is 11.4 Å². The Morgan fingerprint density at radius 3 is 0.886 bits per heavy atom. The van der Waals surface area contributed by atoms with Gasteiger partial charge >= 0.3 is 0 Å². The zero-order valence-electron chi connectivity index (χ0n) is 23.3. The molecule has 0 fully saturated rings. The Bertz CT molecular complexity index is 1870. The number of hydrogen-bond donors (Lipinski definition) is 0. The van der Waals surface area contributed by atoms with Gasteiger partial charge in [0.15, 0.2) is 0 Å². The molecule has 0 saturated heterocycles. The Hall–Kier alpha value is -4.60. The fraction of sp³-hybridized carbons (Fsp3) is 0. The molecule has 0 N–H and O–H groups in total. The molecule has 212 valence electrons. The number of hydrogen-bond acceptors (Lipinski definition) is 6. The maximum absolute atomic E-state index is 4.57. The van der Waals surface area contributed by atoms with Crippen LogP contribution in [0.5, 0.6) is 0 Å². The first-order valence-corrected chi connectivity index (χ1v) is 17.6. The maximum atomic E-state index is 4.57. The zero-order chi connectivity index (χ0) is 29.3. The Morgan fingerprint density at radius 1 is 0.341 bits per heavy atom. The smallest absolute Gasteiger partial charge is 0.0858 e. The standard InChI is InChI=1S/C36H24N4S4/c1-5-33(41-21-1)29-17-18-30(34-6-2-22-42-34)39(29)27-13-9-25(10-14-27)37-38-26-11-15-28(16-12-26)40-31(35-7-3-23-43-35)19-20-32(40)36-8-4-24-44-36/h1-24H. The highest BCUT2D eigenvalue weighted by molar-refractivity contribution is 7.14. The van der Waals surface area contributed by atoms with E-state index in [4.69, 9.17) is 0 Å². The largest absolute Gasteiger partial charge is 0.308 e. The first-order valence-electron chi connectivity index (χ1n) is 14.0. The summed E-state index contributed by atoms with van der Waals surface area (Å²) in [5.41, 5.74) is 8.56. The molecule has 8 aromatic rings. The predicted molar refractivity (Wildman–Crippen MR) is 189 cm³/mol. The molecule has 0 atom stereocenters. The van der Waals surface area contributed by atoms with Crippen molar-refractivity contribution in [2.24, 2.45) is 10.2 Å². The Labute approximate surface area is 271 Å². The lowest BCUT2D eigenvalue weighted by Crippen LogP contribution is -1.97. The van der Waals surface area contributed by atoms with Gasteiger partial charge in [0.2, 0.25) is 0 Å². The van der Waals surface area contributed by atoms with Crippen molar-refractivity contribution >= 4 is 56.7 Å². The number of nitrogens with zero attached hydrogens (tertiary/aromatic N) is 4. The van der Waals surface area contributed by atoms with E-state index in [0.717, 1.165) is 22.7 Å². The highest BCUT2D eigenvalue weighted by Gasteiger charge is 2.16. The van der Waals surface area contributed by atoms with Gasteiger partial charge in [-0.05, 0) is 119 Å². The van der Waals surface area contributed by atoms with Crippen LogP contribution in [0.1, 0.15) is 0 Å². The molecule has 0 saturated carbocycles. The molecule has 0 radical (unpaired) electrons. The molecule has 0 amide bonds. The fourth-order valence-electron chi connectivity index (χ4n) is 5.35. The molecule has 2 aromatic carbocycles. The zero-order valence-corrected chi connectivity index (χ0v) is 26.5. The Balaban J connectivity index is 1.07. The minimum atomic E-state index is 0.811. The average molecular weight is 641 g/mol. The molecule has 0 aliphatic rings. The van der Waals surface area contributed by atoms with Crippen LogP contribution < -0.4 is 0 Å². The summed E-state index contributed by atoms with van der Waals surface area (Å²) in [5.74, 6) is 0. The second kappa shape index (κ2) is 11.8. The van der Waals surface area contributed by atoms with E-state index in [1.165, 1.54) is 42.3 Å². The van der Waals surface area contributed by atoms with Crippen LogP contribution in [0.2, 0.25) is 0 Å². The highest BCUT2D eigenvalue weighted by atomic mass is 32.1. The maximum Gasteiger partial charge on any atom is 0.0858 e. The Morgan fingerprint density at radius 2 is 0.636 bits per heavy atom. The number of azo groups is 1. The topological polar surface area (TPSA) is 34.6 Å². The lowest BCUT2D eigenvalue weighted by Gasteiger charge is -2.13. The molecular weight excluding hydrogens is 617 g/mol. The van der Waals surface area contributed by atoms with Crippen LogP contribution >= 0.6 is 45.3 Å². The normalized spacial score (nSPS) is 11.5. The lowest BCUT2D eigenvalue weighted by molar-refractivity contribution is 1.10. The van der Waals surface area contributed by atoms with Crippen LogP contribution in [0, 0.1) is 0 Å². The molecule has 4 nitrogen and oxygen atoms in total. The third-order valence-corrected chi connectivity index (χ3v) is 10.9. The van der Waals surface area contributed by atoms with Crippen LogP contribution in [-0.4, -0.2) is 9.13 Å². The van der Waals surface area contributed by atoms with Crippen LogP contribution in [0.25, 0.3) is 53.7 Å². The van der Waals surface area contributed by atoms with Gasteiger partial charge in [0.05, 0.1) is 53.7 Å². The molecule has 6 heterocycles. The molecule has 8 rings (SSSR count). The van der Waals surface area contributed by atoms with Gasteiger partial charge in [-0.2, -0.15) is 10.2 Å². The number of rotatable bonds is 8. The lowest BCUT2D eigenvalue weighted by atomic mass is 10.2. The molecule has 6 aromatic heterocycles. The molecule has 0 aliphatic heterocycles. The molecule has 44 heavy (non-hydrogen) atoms. The fourth-order valence-corrected chi connectivity index (χ4v) is 8.31. The van der Waals surface area contributed by atoms with Crippen LogP contribution in [0.15, 0.2) is 153 Å². The second-order valence-corrected chi connectivity index (χ2v) is 13.8. The number of benzene rings is 2. The van der Waals surface area contributed by atoms with Crippen molar-refractivity contribution in [3.63, 3.8) is 0 Å². The first-order chi connectivity index (χ1) is 21.8. The SMILES string of the molecule is c1csc(-c2ccc(-c3cccs3)n2-c2ccc(N=Nc3ccc(-n4c(-c5cccs5)ccc4-c4cccs4)cc3)cc2)c1. The van der Waals surface area contributed by atoms with E-state index >= 15 is 0 Å². The van der Waals surface area contributed by atoms with Gasteiger partial charge in [-0.1, -0.05) is 24.3 Å². The van der Waals surface area contributed by atoms with Crippen LogP contribution in [0.3, 0.4) is 0 Å². The summed E-state index contributed by atoms with van der Waals surface area (Å²) in [6.07, 6.45) is 0. The van der Waals surface area contributed by atoms with E-state index in [9.17, 15) is 0 Å². The molecule has 0 unspecified atom stereocenters.